The molecule has 0 saturated heterocycles. The summed E-state index contributed by atoms with van der Waals surface area (Å²) in [6, 6.07) is 14.1. The maximum atomic E-state index is 9.09. The molecule has 1 heterocycles. The number of hydrogen-bond donors (Lipinski definition) is 0. The van der Waals surface area contributed by atoms with Crippen LogP contribution in [-0.2, 0) is 0 Å². The maximum absolute atomic E-state index is 9.09. The average molecular weight is 287 g/mol. The number of hydrogen-bond acceptors (Lipinski definition) is 2. The molecule has 0 fully saturated rings. The largest absolute Gasteiger partial charge is 0.299 e. The molecule has 2 aromatic carbocycles. The summed E-state index contributed by atoms with van der Waals surface area (Å²) < 4.78 is 2.10. The van der Waals surface area contributed by atoms with Gasteiger partial charge in [-0.1, -0.05) is 29.8 Å². The molecule has 3 rings (SSSR count). The molecule has 3 aromatic rings. The minimum atomic E-state index is 0.643. The Hall–Kier alpha value is -2.86. The number of aromatic nitrogens is 2. The first-order chi connectivity index (χ1) is 10.6. The van der Waals surface area contributed by atoms with Crippen LogP contribution in [0, 0.1) is 32.1 Å². The third-order valence-electron chi connectivity index (χ3n) is 3.77. The van der Waals surface area contributed by atoms with E-state index in [0.717, 1.165) is 17.1 Å². The second kappa shape index (κ2) is 5.50. The van der Waals surface area contributed by atoms with E-state index in [1.54, 1.807) is 12.3 Å². The second-order valence-electron chi connectivity index (χ2n) is 5.56. The standard InChI is InChI=1S/C19H17N3/c1-13-9-14(2)18(15(3)10-13)22-8-7-21-19(22)17-6-4-5-16(11-17)12-20/h4-11H,1-3H3. The van der Waals surface area contributed by atoms with Gasteiger partial charge in [0.05, 0.1) is 17.3 Å². The van der Waals surface area contributed by atoms with Crippen LogP contribution in [0.2, 0.25) is 0 Å². The molecule has 0 saturated carbocycles. The van der Waals surface area contributed by atoms with E-state index in [-0.39, 0.29) is 0 Å². The van der Waals surface area contributed by atoms with Crippen LogP contribution in [0.1, 0.15) is 22.3 Å². The molecule has 0 N–H and O–H groups in total. The highest BCUT2D eigenvalue weighted by Crippen LogP contribution is 2.27. The molecule has 0 atom stereocenters. The van der Waals surface area contributed by atoms with Crippen molar-refractivity contribution in [1.29, 1.82) is 5.26 Å². The molecule has 3 heteroatoms. The molecule has 0 radical (unpaired) electrons. The van der Waals surface area contributed by atoms with Gasteiger partial charge in [0.15, 0.2) is 0 Å². The van der Waals surface area contributed by atoms with Gasteiger partial charge in [-0.15, -0.1) is 0 Å². The van der Waals surface area contributed by atoms with Gasteiger partial charge in [0.1, 0.15) is 5.82 Å². The summed E-state index contributed by atoms with van der Waals surface area (Å²) >= 11 is 0. The fraction of sp³-hybridized carbons (Fsp3) is 0.158. The van der Waals surface area contributed by atoms with Crippen LogP contribution in [0.15, 0.2) is 48.8 Å². The van der Waals surface area contributed by atoms with E-state index >= 15 is 0 Å². The second-order valence-corrected chi connectivity index (χ2v) is 5.56. The fourth-order valence-electron chi connectivity index (χ4n) is 2.98. The molecule has 0 amide bonds. The average Bonchev–Trinajstić information content (AvgIpc) is 2.95. The van der Waals surface area contributed by atoms with E-state index in [0.29, 0.717) is 5.56 Å². The number of nitriles is 1. The molecule has 3 nitrogen and oxygen atoms in total. The van der Waals surface area contributed by atoms with Crippen LogP contribution in [0.4, 0.5) is 0 Å². The van der Waals surface area contributed by atoms with Crippen molar-refractivity contribution in [3.8, 4) is 23.1 Å². The number of nitrogens with zero attached hydrogens (tertiary/aromatic N) is 3. The Morgan fingerprint density at radius 1 is 1.05 bits per heavy atom. The molecule has 108 valence electrons. The Kier molecular flexibility index (Phi) is 3.52. The molecule has 0 aliphatic rings. The summed E-state index contributed by atoms with van der Waals surface area (Å²) in [4.78, 5) is 4.50. The van der Waals surface area contributed by atoms with Crippen molar-refractivity contribution in [2.75, 3.05) is 0 Å². The zero-order valence-corrected chi connectivity index (χ0v) is 13.0. The Balaban J connectivity index is 2.20. The molecule has 22 heavy (non-hydrogen) atoms. The monoisotopic (exact) mass is 287 g/mol. The normalized spacial score (nSPS) is 10.5. The van der Waals surface area contributed by atoms with Gasteiger partial charge in [-0.05, 0) is 44.0 Å². The van der Waals surface area contributed by atoms with Crippen LogP contribution in [-0.4, -0.2) is 9.55 Å². The van der Waals surface area contributed by atoms with Crippen LogP contribution >= 0.6 is 0 Å². The Morgan fingerprint density at radius 3 is 2.45 bits per heavy atom. The quantitative estimate of drug-likeness (QED) is 0.703. The van der Waals surface area contributed by atoms with E-state index in [1.807, 2.05) is 24.4 Å². The number of benzene rings is 2. The smallest absolute Gasteiger partial charge is 0.144 e. The number of aryl methyl sites for hydroxylation is 3. The van der Waals surface area contributed by atoms with Gasteiger partial charge in [-0.3, -0.25) is 4.57 Å². The third-order valence-corrected chi connectivity index (χ3v) is 3.77. The van der Waals surface area contributed by atoms with E-state index in [1.165, 1.54) is 16.7 Å². The van der Waals surface area contributed by atoms with Crippen molar-refractivity contribution in [3.05, 3.63) is 71.0 Å². The summed E-state index contributed by atoms with van der Waals surface area (Å²) in [7, 11) is 0. The Labute approximate surface area is 130 Å². The van der Waals surface area contributed by atoms with Crippen molar-refractivity contribution >= 4 is 0 Å². The topological polar surface area (TPSA) is 41.6 Å². The fourth-order valence-corrected chi connectivity index (χ4v) is 2.98. The van der Waals surface area contributed by atoms with Crippen LogP contribution in [0.5, 0.6) is 0 Å². The number of rotatable bonds is 2. The van der Waals surface area contributed by atoms with E-state index in [9.17, 15) is 0 Å². The molecule has 0 aliphatic heterocycles. The van der Waals surface area contributed by atoms with Crippen molar-refractivity contribution in [3.63, 3.8) is 0 Å². The maximum Gasteiger partial charge on any atom is 0.144 e. The predicted octanol–water partition coefficient (Wildman–Crippen LogP) is 4.34. The minimum Gasteiger partial charge on any atom is -0.299 e. The Bertz CT molecular complexity index is 859. The molecule has 0 spiro atoms. The highest BCUT2D eigenvalue weighted by molar-refractivity contribution is 5.63. The molecule has 1 aromatic heterocycles. The van der Waals surface area contributed by atoms with Gasteiger partial charge in [-0.2, -0.15) is 5.26 Å². The highest BCUT2D eigenvalue weighted by Gasteiger charge is 2.12. The number of imidazole rings is 1. The summed E-state index contributed by atoms with van der Waals surface area (Å²) in [5.41, 5.74) is 6.43. The summed E-state index contributed by atoms with van der Waals surface area (Å²) in [6.07, 6.45) is 3.77. The van der Waals surface area contributed by atoms with Crippen molar-refractivity contribution in [1.82, 2.24) is 9.55 Å². The highest BCUT2D eigenvalue weighted by atomic mass is 15.1. The van der Waals surface area contributed by atoms with Crippen molar-refractivity contribution in [2.24, 2.45) is 0 Å². The molecule has 0 unspecified atom stereocenters. The van der Waals surface area contributed by atoms with Crippen LogP contribution in [0.25, 0.3) is 17.1 Å². The lowest BCUT2D eigenvalue weighted by molar-refractivity contribution is 1.03. The summed E-state index contributed by atoms with van der Waals surface area (Å²) in [6.45, 7) is 6.34. The lowest BCUT2D eigenvalue weighted by atomic mass is 10.0. The zero-order chi connectivity index (χ0) is 15.7. The van der Waals surface area contributed by atoms with Gasteiger partial charge >= 0.3 is 0 Å². The lowest BCUT2D eigenvalue weighted by Crippen LogP contribution is -2.02. The first-order valence-electron chi connectivity index (χ1n) is 7.22. The van der Waals surface area contributed by atoms with E-state index in [2.05, 4.69) is 48.5 Å². The Morgan fingerprint density at radius 2 is 1.77 bits per heavy atom. The molecular formula is C19H17N3. The van der Waals surface area contributed by atoms with Gasteiger partial charge in [-0.25, -0.2) is 4.98 Å². The van der Waals surface area contributed by atoms with Gasteiger partial charge < -0.3 is 0 Å². The third kappa shape index (κ3) is 2.40. The van der Waals surface area contributed by atoms with Gasteiger partial charge in [0.2, 0.25) is 0 Å². The first kappa shape index (κ1) is 14.1. The van der Waals surface area contributed by atoms with Gasteiger partial charge in [0.25, 0.3) is 0 Å². The minimum absolute atomic E-state index is 0.643. The van der Waals surface area contributed by atoms with Crippen LogP contribution in [0.3, 0.4) is 0 Å². The lowest BCUT2D eigenvalue weighted by Gasteiger charge is -2.15. The first-order valence-corrected chi connectivity index (χ1v) is 7.22. The SMILES string of the molecule is Cc1cc(C)c(-n2ccnc2-c2cccc(C#N)c2)c(C)c1. The molecular weight excluding hydrogens is 270 g/mol. The molecule has 0 aliphatic carbocycles. The van der Waals surface area contributed by atoms with E-state index in [4.69, 9.17) is 5.26 Å². The summed E-state index contributed by atoms with van der Waals surface area (Å²) in [5.74, 6) is 0.854. The van der Waals surface area contributed by atoms with E-state index < -0.39 is 0 Å². The predicted molar refractivity (Wildman–Crippen MR) is 87.9 cm³/mol. The zero-order valence-electron chi connectivity index (χ0n) is 13.0. The summed E-state index contributed by atoms with van der Waals surface area (Å²) in [5, 5.41) is 9.09. The van der Waals surface area contributed by atoms with Crippen LogP contribution < -0.4 is 0 Å². The molecule has 0 bridgehead atoms. The van der Waals surface area contributed by atoms with Crippen molar-refractivity contribution in [2.45, 2.75) is 20.8 Å². The van der Waals surface area contributed by atoms with Gasteiger partial charge in [0, 0.05) is 18.0 Å². The van der Waals surface area contributed by atoms with Crippen molar-refractivity contribution < 1.29 is 0 Å².